The molecule has 3 heterocycles. The minimum absolute atomic E-state index is 0.249. The van der Waals surface area contributed by atoms with Gasteiger partial charge in [0.25, 0.3) is 0 Å². The van der Waals surface area contributed by atoms with Crippen molar-refractivity contribution in [3.05, 3.63) is 48.3 Å². The van der Waals surface area contributed by atoms with Crippen molar-refractivity contribution in [1.29, 1.82) is 0 Å². The van der Waals surface area contributed by atoms with E-state index in [0.717, 1.165) is 53.9 Å². The van der Waals surface area contributed by atoms with E-state index in [1.165, 1.54) is 0 Å². The van der Waals surface area contributed by atoms with E-state index < -0.39 is 0 Å². The molecule has 25 heavy (non-hydrogen) atoms. The normalized spacial score (nSPS) is 17.8. The third kappa shape index (κ3) is 3.20. The second-order valence-electron chi connectivity index (χ2n) is 6.69. The quantitative estimate of drug-likeness (QED) is 0.797. The average Bonchev–Trinajstić information content (AvgIpc) is 2.68. The number of hydrogen-bond acceptors (Lipinski definition) is 5. The molecule has 4 rings (SSSR count). The Bertz CT molecular complexity index is 879. The molecule has 5 heteroatoms. The van der Waals surface area contributed by atoms with Gasteiger partial charge in [-0.25, -0.2) is 15.0 Å². The van der Waals surface area contributed by atoms with Crippen molar-refractivity contribution < 1.29 is 5.11 Å². The van der Waals surface area contributed by atoms with Crippen molar-refractivity contribution in [3.8, 4) is 11.4 Å². The minimum Gasteiger partial charge on any atom is -0.396 e. The Kier molecular flexibility index (Phi) is 4.32. The Morgan fingerprint density at radius 2 is 2.04 bits per heavy atom. The van der Waals surface area contributed by atoms with Gasteiger partial charge in [-0.3, -0.25) is 0 Å². The number of aryl methyl sites for hydroxylation is 1. The van der Waals surface area contributed by atoms with Crippen LogP contribution in [0.4, 0.5) is 5.82 Å². The largest absolute Gasteiger partial charge is 0.396 e. The number of rotatable bonds is 3. The molecular weight excluding hydrogens is 312 g/mol. The van der Waals surface area contributed by atoms with Crippen molar-refractivity contribution in [1.82, 2.24) is 15.0 Å². The molecule has 5 nitrogen and oxygen atoms in total. The topological polar surface area (TPSA) is 62.1 Å². The van der Waals surface area contributed by atoms with Crippen LogP contribution in [0.1, 0.15) is 18.5 Å². The standard InChI is InChI=1S/C20H22N4O/c1-14-17-6-2-3-7-18(17)23-20(22-14)16-8-9-19(21-11-16)24-10-4-5-15(12-24)13-25/h2-3,6-9,11,15,25H,4-5,10,12-13H2,1H3/t15-/m0/s1. The SMILES string of the molecule is Cc1nc(-c2ccc(N3CCC[C@H](CO)C3)nc2)nc2ccccc12. The van der Waals surface area contributed by atoms with Crippen molar-refractivity contribution in [2.45, 2.75) is 19.8 Å². The lowest BCUT2D eigenvalue weighted by molar-refractivity contribution is 0.208. The lowest BCUT2D eigenvalue weighted by Crippen LogP contribution is -2.37. The fraction of sp³-hybridized carbons (Fsp3) is 0.350. The van der Waals surface area contributed by atoms with Gasteiger partial charge in [0.2, 0.25) is 0 Å². The number of nitrogens with zero attached hydrogens (tertiary/aromatic N) is 4. The number of fused-ring (bicyclic) bond motifs is 1. The summed E-state index contributed by atoms with van der Waals surface area (Å²) in [5.74, 6) is 2.02. The molecule has 3 aromatic rings. The lowest BCUT2D eigenvalue weighted by atomic mass is 9.99. The Balaban J connectivity index is 1.62. The van der Waals surface area contributed by atoms with E-state index >= 15 is 0 Å². The number of aromatic nitrogens is 3. The Morgan fingerprint density at radius 3 is 2.84 bits per heavy atom. The van der Waals surface area contributed by atoms with Crippen LogP contribution in [-0.2, 0) is 0 Å². The molecule has 0 radical (unpaired) electrons. The summed E-state index contributed by atoms with van der Waals surface area (Å²) >= 11 is 0. The predicted molar refractivity (Wildman–Crippen MR) is 99.5 cm³/mol. The first-order valence-electron chi connectivity index (χ1n) is 8.80. The van der Waals surface area contributed by atoms with Crippen molar-refractivity contribution in [2.75, 3.05) is 24.6 Å². The van der Waals surface area contributed by atoms with E-state index in [1.54, 1.807) is 0 Å². The molecular formula is C20H22N4O. The fourth-order valence-corrected chi connectivity index (χ4v) is 3.49. The second-order valence-corrected chi connectivity index (χ2v) is 6.69. The highest BCUT2D eigenvalue weighted by Gasteiger charge is 2.20. The molecule has 1 fully saturated rings. The number of pyridine rings is 1. The zero-order chi connectivity index (χ0) is 17.2. The first-order valence-corrected chi connectivity index (χ1v) is 8.80. The van der Waals surface area contributed by atoms with Crippen LogP contribution in [0.25, 0.3) is 22.3 Å². The molecule has 1 aromatic carbocycles. The van der Waals surface area contributed by atoms with Crippen molar-refractivity contribution in [3.63, 3.8) is 0 Å². The van der Waals surface area contributed by atoms with Crippen LogP contribution in [-0.4, -0.2) is 39.8 Å². The van der Waals surface area contributed by atoms with E-state index in [4.69, 9.17) is 0 Å². The van der Waals surface area contributed by atoms with E-state index in [2.05, 4.69) is 19.9 Å². The van der Waals surface area contributed by atoms with Gasteiger partial charge in [0, 0.05) is 42.5 Å². The number of aliphatic hydroxyl groups excluding tert-OH is 1. The van der Waals surface area contributed by atoms with Gasteiger partial charge in [-0.05, 0) is 43.9 Å². The Labute approximate surface area is 147 Å². The number of piperidine rings is 1. The molecule has 1 saturated heterocycles. The summed E-state index contributed by atoms with van der Waals surface area (Å²) in [5, 5.41) is 10.5. The Morgan fingerprint density at radius 1 is 1.16 bits per heavy atom. The van der Waals surface area contributed by atoms with Crippen molar-refractivity contribution in [2.24, 2.45) is 5.92 Å². The highest BCUT2D eigenvalue weighted by Crippen LogP contribution is 2.24. The molecule has 0 bridgehead atoms. The number of anilines is 1. The predicted octanol–water partition coefficient (Wildman–Crippen LogP) is 3.21. The second kappa shape index (κ2) is 6.76. The minimum atomic E-state index is 0.249. The molecule has 1 aliphatic heterocycles. The lowest BCUT2D eigenvalue weighted by Gasteiger charge is -2.32. The number of benzene rings is 1. The van der Waals surface area contributed by atoms with Crippen LogP contribution in [0.15, 0.2) is 42.6 Å². The number of aliphatic hydroxyl groups is 1. The first kappa shape index (κ1) is 16.0. The summed E-state index contributed by atoms with van der Waals surface area (Å²) in [5.41, 5.74) is 2.86. The van der Waals surface area contributed by atoms with Gasteiger partial charge in [-0.2, -0.15) is 0 Å². The molecule has 2 aromatic heterocycles. The van der Waals surface area contributed by atoms with E-state index in [0.29, 0.717) is 11.7 Å². The van der Waals surface area contributed by atoms with Crippen LogP contribution in [0.2, 0.25) is 0 Å². The third-order valence-electron chi connectivity index (χ3n) is 4.90. The van der Waals surface area contributed by atoms with Crippen LogP contribution in [0.5, 0.6) is 0 Å². The maximum atomic E-state index is 9.40. The van der Waals surface area contributed by atoms with Gasteiger partial charge in [0.1, 0.15) is 5.82 Å². The molecule has 1 atom stereocenters. The summed E-state index contributed by atoms with van der Waals surface area (Å²) in [6.07, 6.45) is 4.04. The number of hydrogen-bond donors (Lipinski definition) is 1. The Hall–Kier alpha value is -2.53. The summed E-state index contributed by atoms with van der Waals surface area (Å²) in [6.45, 7) is 4.12. The third-order valence-corrected chi connectivity index (χ3v) is 4.90. The van der Waals surface area contributed by atoms with Gasteiger partial charge in [-0.1, -0.05) is 18.2 Å². The zero-order valence-corrected chi connectivity index (χ0v) is 14.4. The highest BCUT2D eigenvalue weighted by atomic mass is 16.3. The molecule has 1 aliphatic rings. The average molecular weight is 334 g/mol. The fourth-order valence-electron chi connectivity index (χ4n) is 3.49. The maximum Gasteiger partial charge on any atom is 0.161 e. The van der Waals surface area contributed by atoms with E-state index in [9.17, 15) is 5.11 Å². The van der Waals surface area contributed by atoms with Crippen LogP contribution in [0, 0.1) is 12.8 Å². The summed E-state index contributed by atoms with van der Waals surface area (Å²) in [6, 6.07) is 12.1. The van der Waals surface area contributed by atoms with Crippen LogP contribution >= 0.6 is 0 Å². The molecule has 0 aliphatic carbocycles. The van der Waals surface area contributed by atoms with E-state index in [1.807, 2.05) is 49.5 Å². The van der Waals surface area contributed by atoms with Gasteiger partial charge >= 0.3 is 0 Å². The first-order chi connectivity index (χ1) is 12.2. The van der Waals surface area contributed by atoms with Crippen molar-refractivity contribution >= 4 is 16.7 Å². The number of para-hydroxylation sites is 1. The molecule has 0 unspecified atom stereocenters. The van der Waals surface area contributed by atoms with Gasteiger partial charge in [0.05, 0.1) is 5.52 Å². The van der Waals surface area contributed by atoms with Gasteiger partial charge in [0.15, 0.2) is 5.82 Å². The van der Waals surface area contributed by atoms with Crippen LogP contribution < -0.4 is 4.90 Å². The summed E-state index contributed by atoms with van der Waals surface area (Å²) < 4.78 is 0. The summed E-state index contributed by atoms with van der Waals surface area (Å²) in [7, 11) is 0. The van der Waals surface area contributed by atoms with Crippen LogP contribution in [0.3, 0.4) is 0 Å². The molecule has 128 valence electrons. The summed E-state index contributed by atoms with van der Waals surface area (Å²) in [4.78, 5) is 16.2. The van der Waals surface area contributed by atoms with Gasteiger partial charge in [-0.15, -0.1) is 0 Å². The molecule has 0 saturated carbocycles. The maximum absolute atomic E-state index is 9.40. The smallest absolute Gasteiger partial charge is 0.161 e. The molecule has 0 spiro atoms. The highest BCUT2D eigenvalue weighted by molar-refractivity contribution is 5.82. The zero-order valence-electron chi connectivity index (χ0n) is 14.4. The van der Waals surface area contributed by atoms with Gasteiger partial charge < -0.3 is 10.0 Å². The molecule has 1 N–H and O–H groups in total. The van der Waals surface area contributed by atoms with E-state index in [-0.39, 0.29) is 6.61 Å². The monoisotopic (exact) mass is 334 g/mol. The molecule has 0 amide bonds.